The van der Waals surface area contributed by atoms with E-state index in [0.717, 1.165) is 6.42 Å². The molecular formula is C20H18ClN3O5. The zero-order valence-electron chi connectivity index (χ0n) is 15.7. The number of hydrogen-bond acceptors (Lipinski definition) is 6. The number of nitrogens with zero attached hydrogens (tertiary/aromatic N) is 2. The lowest BCUT2D eigenvalue weighted by molar-refractivity contribution is -0.384. The number of furan rings is 1. The number of non-ortho nitro benzene ring substituents is 1. The smallest absolute Gasteiger partial charge is 0.307 e. The number of nitrogens with one attached hydrogen (secondary N) is 1. The lowest BCUT2D eigenvalue weighted by atomic mass is 10.2. The highest BCUT2D eigenvalue weighted by molar-refractivity contribution is 6.32. The second-order valence-corrected chi connectivity index (χ2v) is 6.72. The monoisotopic (exact) mass is 415 g/mol. The van der Waals surface area contributed by atoms with E-state index in [1.807, 2.05) is 13.8 Å². The largest absolute Gasteiger partial charge is 0.489 e. The highest BCUT2D eigenvalue weighted by atomic mass is 35.5. The SMILES string of the molecule is CC[C@H](C)Oc1ccc(/C=N/NC(=O)c2cc3cc([N+](=O)[O-])ccc3o2)cc1Cl. The number of nitro groups is 1. The molecule has 0 saturated carbocycles. The van der Waals surface area contributed by atoms with E-state index < -0.39 is 10.8 Å². The summed E-state index contributed by atoms with van der Waals surface area (Å²) in [5.74, 6) is -0.00511. The fourth-order valence-corrected chi connectivity index (χ4v) is 2.70. The molecule has 2 aromatic carbocycles. The van der Waals surface area contributed by atoms with Crippen molar-refractivity contribution in [1.82, 2.24) is 5.43 Å². The Bertz CT molecular complexity index is 1090. The summed E-state index contributed by atoms with van der Waals surface area (Å²) in [4.78, 5) is 22.5. The van der Waals surface area contributed by atoms with Crippen LogP contribution in [0.2, 0.25) is 5.02 Å². The first-order chi connectivity index (χ1) is 13.9. The minimum atomic E-state index is -0.581. The molecule has 1 amide bonds. The van der Waals surface area contributed by atoms with E-state index in [9.17, 15) is 14.9 Å². The molecule has 0 unspecified atom stereocenters. The summed E-state index contributed by atoms with van der Waals surface area (Å²) in [6, 6.07) is 10.7. The van der Waals surface area contributed by atoms with Crippen LogP contribution < -0.4 is 10.2 Å². The van der Waals surface area contributed by atoms with Crippen molar-refractivity contribution in [1.29, 1.82) is 0 Å². The van der Waals surface area contributed by atoms with Crippen LogP contribution in [-0.2, 0) is 0 Å². The van der Waals surface area contributed by atoms with Gasteiger partial charge in [0.2, 0.25) is 0 Å². The quantitative estimate of drug-likeness (QED) is 0.334. The van der Waals surface area contributed by atoms with Crippen LogP contribution in [-0.4, -0.2) is 23.1 Å². The van der Waals surface area contributed by atoms with Crippen LogP contribution in [0.5, 0.6) is 5.75 Å². The van der Waals surface area contributed by atoms with Gasteiger partial charge in [-0.15, -0.1) is 0 Å². The predicted octanol–water partition coefficient (Wildman–Crippen LogP) is 4.94. The molecule has 3 rings (SSSR count). The molecule has 1 aromatic heterocycles. The Morgan fingerprint density at radius 3 is 2.83 bits per heavy atom. The Labute approximate surface area is 171 Å². The molecule has 0 bridgehead atoms. The standard InChI is InChI=1S/C20H18ClN3O5/c1-3-12(2)28-18-6-4-13(8-16(18)21)11-22-23-20(25)19-10-14-9-15(24(26)27)5-7-17(14)29-19/h4-12H,3H2,1-2H3,(H,23,25)/b22-11+/t12-/m0/s1. The van der Waals surface area contributed by atoms with Gasteiger partial charge in [0.05, 0.1) is 22.3 Å². The zero-order chi connectivity index (χ0) is 21.0. The summed E-state index contributed by atoms with van der Waals surface area (Å²) in [6.07, 6.45) is 2.35. The lowest BCUT2D eigenvalue weighted by Crippen LogP contribution is -2.16. The lowest BCUT2D eigenvalue weighted by Gasteiger charge is -2.13. The predicted molar refractivity (Wildman–Crippen MR) is 110 cm³/mol. The van der Waals surface area contributed by atoms with E-state index in [0.29, 0.717) is 27.3 Å². The normalized spacial score (nSPS) is 12.2. The fourth-order valence-electron chi connectivity index (χ4n) is 2.47. The van der Waals surface area contributed by atoms with Crippen LogP contribution in [0.4, 0.5) is 5.69 Å². The highest BCUT2D eigenvalue weighted by Crippen LogP contribution is 2.26. The third kappa shape index (κ3) is 4.91. The molecule has 0 aliphatic rings. The van der Waals surface area contributed by atoms with Crippen molar-refractivity contribution in [3.63, 3.8) is 0 Å². The summed E-state index contributed by atoms with van der Waals surface area (Å²) < 4.78 is 11.1. The van der Waals surface area contributed by atoms with Crippen LogP contribution in [0.3, 0.4) is 0 Å². The number of benzene rings is 2. The summed E-state index contributed by atoms with van der Waals surface area (Å²) in [5.41, 5.74) is 3.31. The van der Waals surface area contributed by atoms with Crippen LogP contribution in [0.25, 0.3) is 11.0 Å². The maximum atomic E-state index is 12.2. The first-order valence-corrected chi connectivity index (χ1v) is 9.22. The molecule has 150 valence electrons. The van der Waals surface area contributed by atoms with Gasteiger partial charge in [-0.05, 0) is 49.2 Å². The van der Waals surface area contributed by atoms with Gasteiger partial charge in [-0.3, -0.25) is 14.9 Å². The van der Waals surface area contributed by atoms with Gasteiger partial charge in [0.15, 0.2) is 5.76 Å². The van der Waals surface area contributed by atoms with E-state index in [1.165, 1.54) is 30.5 Å². The highest BCUT2D eigenvalue weighted by Gasteiger charge is 2.14. The number of carbonyl (C=O) groups is 1. The van der Waals surface area contributed by atoms with E-state index >= 15 is 0 Å². The Kier molecular flexibility index (Phi) is 6.13. The number of ether oxygens (including phenoxy) is 1. The molecule has 29 heavy (non-hydrogen) atoms. The van der Waals surface area contributed by atoms with Crippen LogP contribution >= 0.6 is 11.6 Å². The van der Waals surface area contributed by atoms with E-state index in [1.54, 1.807) is 18.2 Å². The maximum absolute atomic E-state index is 12.2. The van der Waals surface area contributed by atoms with Gasteiger partial charge >= 0.3 is 5.91 Å². The van der Waals surface area contributed by atoms with Crippen molar-refractivity contribution in [2.75, 3.05) is 0 Å². The number of rotatable bonds is 7. The molecule has 0 aliphatic heterocycles. The molecule has 1 N–H and O–H groups in total. The van der Waals surface area contributed by atoms with Gasteiger partial charge in [-0.25, -0.2) is 5.43 Å². The Morgan fingerprint density at radius 2 is 2.14 bits per heavy atom. The van der Waals surface area contributed by atoms with Crippen LogP contribution in [0.1, 0.15) is 36.4 Å². The Hall–Kier alpha value is -3.39. The van der Waals surface area contributed by atoms with Crippen LogP contribution in [0.15, 0.2) is 52.0 Å². The fraction of sp³-hybridized carbons (Fsp3) is 0.200. The molecule has 8 nitrogen and oxygen atoms in total. The maximum Gasteiger partial charge on any atom is 0.307 e. The summed E-state index contributed by atoms with van der Waals surface area (Å²) in [6.45, 7) is 3.98. The van der Waals surface area contributed by atoms with Gasteiger partial charge in [0.1, 0.15) is 11.3 Å². The van der Waals surface area contributed by atoms with Crippen molar-refractivity contribution in [2.45, 2.75) is 26.4 Å². The topological polar surface area (TPSA) is 107 Å². The van der Waals surface area contributed by atoms with E-state index in [4.69, 9.17) is 20.8 Å². The Balaban J connectivity index is 1.67. The number of nitro benzene ring substituents is 1. The average Bonchev–Trinajstić information content (AvgIpc) is 3.13. The third-order valence-electron chi connectivity index (χ3n) is 4.17. The van der Waals surface area contributed by atoms with E-state index in [-0.39, 0.29) is 17.6 Å². The minimum absolute atomic E-state index is 0.00650. The molecule has 1 atom stereocenters. The zero-order valence-corrected chi connectivity index (χ0v) is 16.5. The second-order valence-electron chi connectivity index (χ2n) is 6.32. The first-order valence-electron chi connectivity index (χ1n) is 8.85. The molecule has 0 spiro atoms. The molecule has 3 aromatic rings. The van der Waals surface area contributed by atoms with Gasteiger partial charge in [0, 0.05) is 17.5 Å². The van der Waals surface area contributed by atoms with Crippen molar-refractivity contribution < 1.29 is 18.9 Å². The van der Waals surface area contributed by atoms with Crippen LogP contribution in [0, 0.1) is 10.1 Å². The molecule has 0 aliphatic carbocycles. The number of hydrogen-bond donors (Lipinski definition) is 1. The second kappa shape index (κ2) is 8.74. The molecule has 0 fully saturated rings. The van der Waals surface area contributed by atoms with Gasteiger partial charge < -0.3 is 9.15 Å². The first kappa shape index (κ1) is 20.3. The summed E-state index contributed by atoms with van der Waals surface area (Å²) >= 11 is 6.21. The average molecular weight is 416 g/mol. The Morgan fingerprint density at radius 1 is 1.34 bits per heavy atom. The number of fused-ring (bicyclic) bond motifs is 1. The third-order valence-corrected chi connectivity index (χ3v) is 4.47. The van der Waals surface area contributed by atoms with Gasteiger partial charge in [0.25, 0.3) is 5.69 Å². The number of hydrazone groups is 1. The van der Waals surface area contributed by atoms with Crippen molar-refractivity contribution in [3.05, 3.63) is 68.9 Å². The van der Waals surface area contributed by atoms with Crippen molar-refractivity contribution in [2.24, 2.45) is 5.10 Å². The molecule has 0 radical (unpaired) electrons. The van der Waals surface area contributed by atoms with Gasteiger partial charge in [-0.1, -0.05) is 18.5 Å². The van der Waals surface area contributed by atoms with Crippen molar-refractivity contribution in [3.8, 4) is 5.75 Å². The van der Waals surface area contributed by atoms with Crippen molar-refractivity contribution >= 4 is 40.4 Å². The molecule has 1 heterocycles. The van der Waals surface area contributed by atoms with E-state index in [2.05, 4.69) is 10.5 Å². The molecule has 0 saturated heterocycles. The number of carbonyl (C=O) groups excluding carboxylic acids is 1. The minimum Gasteiger partial charge on any atom is -0.489 e. The summed E-state index contributed by atoms with van der Waals surface area (Å²) in [7, 11) is 0. The number of halogens is 1. The number of amides is 1. The molecular weight excluding hydrogens is 398 g/mol. The summed E-state index contributed by atoms with van der Waals surface area (Å²) in [5, 5.41) is 15.6. The van der Waals surface area contributed by atoms with Gasteiger partial charge in [-0.2, -0.15) is 5.10 Å². The molecule has 9 heteroatoms.